The first kappa shape index (κ1) is 15.4. The van der Waals surface area contributed by atoms with E-state index in [9.17, 15) is 5.11 Å². The average molecular weight is 305 g/mol. The van der Waals surface area contributed by atoms with Crippen molar-refractivity contribution in [2.24, 2.45) is 0 Å². The van der Waals surface area contributed by atoms with Crippen LogP contribution < -0.4 is 9.47 Å². The molecule has 110 valence electrons. The van der Waals surface area contributed by atoms with Crippen LogP contribution in [0.3, 0.4) is 0 Å². The number of rotatable bonds is 5. The molecule has 2 aromatic rings. The maximum Gasteiger partial charge on any atom is 0.118 e. The van der Waals surface area contributed by atoms with Gasteiger partial charge in [-0.25, -0.2) is 0 Å². The SMILES string of the molecule is COc1ccc(/C(Cl)=C(\CO)c2ccc(OC)cc2)cc1. The minimum atomic E-state index is -0.142. The first-order valence-corrected chi connectivity index (χ1v) is 6.85. The van der Waals surface area contributed by atoms with Crippen molar-refractivity contribution >= 4 is 22.2 Å². The molecule has 0 bridgehead atoms. The monoisotopic (exact) mass is 304 g/mol. The summed E-state index contributed by atoms with van der Waals surface area (Å²) < 4.78 is 10.3. The van der Waals surface area contributed by atoms with E-state index in [0.29, 0.717) is 10.6 Å². The predicted octanol–water partition coefficient (Wildman–Crippen LogP) is 3.80. The summed E-state index contributed by atoms with van der Waals surface area (Å²) in [5.74, 6) is 1.52. The molecular weight excluding hydrogens is 288 g/mol. The third-order valence-corrected chi connectivity index (χ3v) is 3.65. The van der Waals surface area contributed by atoms with Gasteiger partial charge in [0, 0.05) is 5.57 Å². The van der Waals surface area contributed by atoms with Crippen LogP contribution in [-0.2, 0) is 0 Å². The second-order valence-corrected chi connectivity index (χ2v) is 4.79. The van der Waals surface area contributed by atoms with Crippen LogP contribution in [0.15, 0.2) is 48.5 Å². The van der Waals surface area contributed by atoms with E-state index in [2.05, 4.69) is 0 Å². The van der Waals surface area contributed by atoms with Crippen molar-refractivity contribution < 1.29 is 14.6 Å². The topological polar surface area (TPSA) is 38.7 Å². The molecule has 1 N–H and O–H groups in total. The Bertz CT molecular complexity index is 615. The van der Waals surface area contributed by atoms with Gasteiger partial charge in [-0.05, 0) is 47.5 Å². The van der Waals surface area contributed by atoms with Gasteiger partial charge >= 0.3 is 0 Å². The van der Waals surface area contributed by atoms with Crippen molar-refractivity contribution in [3.05, 3.63) is 59.7 Å². The molecule has 0 aliphatic heterocycles. The summed E-state index contributed by atoms with van der Waals surface area (Å²) in [6.45, 7) is -0.142. The minimum absolute atomic E-state index is 0.142. The Morgan fingerprint density at radius 3 is 1.67 bits per heavy atom. The van der Waals surface area contributed by atoms with Gasteiger partial charge in [-0.3, -0.25) is 0 Å². The fourth-order valence-electron chi connectivity index (χ4n) is 1.99. The van der Waals surface area contributed by atoms with Crippen molar-refractivity contribution in [1.29, 1.82) is 0 Å². The number of hydrogen-bond acceptors (Lipinski definition) is 3. The van der Waals surface area contributed by atoms with Crippen LogP contribution in [0.2, 0.25) is 0 Å². The zero-order valence-electron chi connectivity index (χ0n) is 12.0. The molecular formula is C17H17ClO3. The van der Waals surface area contributed by atoms with Crippen LogP contribution in [0.5, 0.6) is 11.5 Å². The Hall–Kier alpha value is -1.97. The van der Waals surface area contributed by atoms with E-state index in [-0.39, 0.29) is 6.61 Å². The van der Waals surface area contributed by atoms with Crippen molar-refractivity contribution in [2.75, 3.05) is 20.8 Å². The van der Waals surface area contributed by atoms with Crippen LogP contribution in [0.25, 0.3) is 10.6 Å². The average Bonchev–Trinajstić information content (AvgIpc) is 2.56. The van der Waals surface area contributed by atoms with E-state index < -0.39 is 0 Å². The van der Waals surface area contributed by atoms with Crippen molar-refractivity contribution in [3.8, 4) is 11.5 Å². The zero-order chi connectivity index (χ0) is 15.2. The van der Waals surface area contributed by atoms with Gasteiger partial charge in [0.2, 0.25) is 0 Å². The molecule has 0 spiro atoms. The van der Waals surface area contributed by atoms with Crippen molar-refractivity contribution in [1.82, 2.24) is 0 Å². The number of halogens is 1. The lowest BCUT2D eigenvalue weighted by Gasteiger charge is -2.10. The molecule has 0 fully saturated rings. The van der Waals surface area contributed by atoms with Gasteiger partial charge in [-0.1, -0.05) is 23.7 Å². The van der Waals surface area contributed by atoms with Gasteiger partial charge in [0.05, 0.1) is 25.9 Å². The summed E-state index contributed by atoms with van der Waals surface area (Å²) in [4.78, 5) is 0. The van der Waals surface area contributed by atoms with E-state index in [1.807, 2.05) is 48.5 Å². The van der Waals surface area contributed by atoms with Crippen LogP contribution in [0, 0.1) is 0 Å². The van der Waals surface area contributed by atoms with Gasteiger partial charge in [-0.2, -0.15) is 0 Å². The Morgan fingerprint density at radius 2 is 1.29 bits per heavy atom. The van der Waals surface area contributed by atoms with Gasteiger partial charge in [0.15, 0.2) is 0 Å². The molecule has 21 heavy (non-hydrogen) atoms. The number of aliphatic hydroxyl groups excluding tert-OH is 1. The highest BCUT2D eigenvalue weighted by molar-refractivity contribution is 6.52. The van der Waals surface area contributed by atoms with Crippen molar-refractivity contribution in [3.63, 3.8) is 0 Å². The molecule has 0 aliphatic rings. The molecule has 0 aromatic heterocycles. The zero-order valence-corrected chi connectivity index (χ0v) is 12.7. The molecule has 0 radical (unpaired) electrons. The number of aliphatic hydroxyl groups is 1. The van der Waals surface area contributed by atoms with E-state index in [0.717, 1.165) is 22.6 Å². The first-order chi connectivity index (χ1) is 10.2. The smallest absolute Gasteiger partial charge is 0.118 e. The van der Waals surface area contributed by atoms with Crippen LogP contribution in [0.1, 0.15) is 11.1 Å². The fraction of sp³-hybridized carbons (Fsp3) is 0.176. The summed E-state index contributed by atoms with van der Waals surface area (Å²) in [6.07, 6.45) is 0. The van der Waals surface area contributed by atoms with E-state index in [1.54, 1.807) is 14.2 Å². The van der Waals surface area contributed by atoms with Crippen LogP contribution in [0.4, 0.5) is 0 Å². The van der Waals surface area contributed by atoms with E-state index in [4.69, 9.17) is 21.1 Å². The number of benzene rings is 2. The Kier molecular flexibility index (Phi) is 5.26. The summed E-state index contributed by atoms with van der Waals surface area (Å²) in [6, 6.07) is 14.8. The molecule has 0 saturated carbocycles. The Labute approximate surface area is 129 Å². The highest BCUT2D eigenvalue weighted by atomic mass is 35.5. The van der Waals surface area contributed by atoms with E-state index in [1.165, 1.54) is 0 Å². The molecule has 3 nitrogen and oxygen atoms in total. The minimum Gasteiger partial charge on any atom is -0.497 e. The molecule has 2 rings (SSSR count). The normalized spacial score (nSPS) is 11.8. The molecule has 0 aliphatic carbocycles. The number of ether oxygens (including phenoxy) is 2. The molecule has 4 heteroatoms. The second-order valence-electron chi connectivity index (χ2n) is 4.41. The van der Waals surface area contributed by atoms with Gasteiger partial charge in [0.25, 0.3) is 0 Å². The van der Waals surface area contributed by atoms with Crippen LogP contribution >= 0.6 is 11.6 Å². The van der Waals surface area contributed by atoms with Gasteiger partial charge in [0.1, 0.15) is 11.5 Å². The maximum atomic E-state index is 9.64. The van der Waals surface area contributed by atoms with Gasteiger partial charge in [-0.15, -0.1) is 0 Å². The summed E-state index contributed by atoms with van der Waals surface area (Å²) >= 11 is 6.42. The Morgan fingerprint density at radius 1 is 0.857 bits per heavy atom. The summed E-state index contributed by atoms with van der Waals surface area (Å²) in [5, 5.41) is 10.2. The lowest BCUT2D eigenvalue weighted by molar-refractivity contribution is 0.350. The second kappa shape index (κ2) is 7.16. The quantitative estimate of drug-likeness (QED) is 0.854. The summed E-state index contributed by atoms with van der Waals surface area (Å²) in [7, 11) is 3.23. The van der Waals surface area contributed by atoms with E-state index >= 15 is 0 Å². The van der Waals surface area contributed by atoms with Gasteiger partial charge < -0.3 is 14.6 Å². The number of methoxy groups -OCH3 is 2. The predicted molar refractivity (Wildman–Crippen MR) is 85.7 cm³/mol. The molecule has 0 unspecified atom stereocenters. The molecule has 0 atom stereocenters. The third kappa shape index (κ3) is 3.57. The molecule has 0 heterocycles. The van der Waals surface area contributed by atoms with Crippen LogP contribution in [-0.4, -0.2) is 25.9 Å². The fourth-order valence-corrected chi connectivity index (χ4v) is 2.29. The third-order valence-electron chi connectivity index (χ3n) is 3.21. The lowest BCUT2D eigenvalue weighted by Crippen LogP contribution is -1.94. The van der Waals surface area contributed by atoms with Crippen molar-refractivity contribution in [2.45, 2.75) is 0 Å². The lowest BCUT2D eigenvalue weighted by atomic mass is 10.0. The maximum absolute atomic E-state index is 9.64. The molecule has 0 saturated heterocycles. The highest BCUT2D eigenvalue weighted by Gasteiger charge is 2.09. The molecule has 2 aromatic carbocycles. The molecule has 0 amide bonds. The largest absolute Gasteiger partial charge is 0.497 e. The number of hydrogen-bond donors (Lipinski definition) is 1. The Balaban J connectivity index is 2.39. The summed E-state index contributed by atoms with van der Waals surface area (Å²) in [5.41, 5.74) is 2.36. The first-order valence-electron chi connectivity index (χ1n) is 6.48. The standard InChI is InChI=1S/C17H17ClO3/c1-20-14-7-3-12(4-8-14)16(11-19)17(18)13-5-9-15(21-2)10-6-13/h3-10,19H,11H2,1-2H3/b17-16-. The highest BCUT2D eigenvalue weighted by Crippen LogP contribution is 2.31.